The Morgan fingerprint density at radius 2 is 1.90 bits per heavy atom. The molecule has 0 aliphatic carbocycles. The van der Waals surface area contributed by atoms with Gasteiger partial charge in [-0.3, -0.25) is 4.68 Å². The van der Waals surface area contributed by atoms with Crippen molar-refractivity contribution in [2.45, 2.75) is 53.0 Å². The minimum Gasteiger partial charge on any atom is -0.310 e. The summed E-state index contributed by atoms with van der Waals surface area (Å²) in [7, 11) is 2.01. The standard InChI is InChI=1S/C15H25ClN4/c1-6-7-12-14-15(19(5)18-12)20(11(4)10(2)3)13(17-14)8-9-16/h10-11H,6-9H2,1-5H3. The maximum atomic E-state index is 5.95. The summed E-state index contributed by atoms with van der Waals surface area (Å²) in [6, 6.07) is 0.392. The Balaban J connectivity index is 2.64. The molecule has 0 fully saturated rings. The number of aryl methyl sites for hydroxylation is 3. The van der Waals surface area contributed by atoms with Gasteiger partial charge in [-0.05, 0) is 19.3 Å². The number of aromatic nitrogens is 4. The van der Waals surface area contributed by atoms with Crippen LogP contribution in [0.1, 0.15) is 51.7 Å². The monoisotopic (exact) mass is 296 g/mol. The van der Waals surface area contributed by atoms with E-state index in [1.165, 1.54) is 0 Å². The van der Waals surface area contributed by atoms with Gasteiger partial charge in [-0.15, -0.1) is 11.6 Å². The molecule has 4 nitrogen and oxygen atoms in total. The van der Waals surface area contributed by atoms with Crippen LogP contribution in [0.3, 0.4) is 0 Å². The van der Waals surface area contributed by atoms with Crippen molar-refractivity contribution in [3.63, 3.8) is 0 Å². The number of alkyl halides is 1. The van der Waals surface area contributed by atoms with Crippen molar-refractivity contribution in [2.24, 2.45) is 13.0 Å². The van der Waals surface area contributed by atoms with Crippen LogP contribution in [0.25, 0.3) is 11.2 Å². The van der Waals surface area contributed by atoms with Crippen LogP contribution in [0.15, 0.2) is 0 Å². The molecular weight excluding hydrogens is 272 g/mol. The Kier molecular flexibility index (Phi) is 4.74. The minimum atomic E-state index is 0.392. The lowest BCUT2D eigenvalue weighted by atomic mass is 10.1. The molecule has 5 heteroatoms. The molecule has 2 aromatic heterocycles. The molecule has 0 radical (unpaired) electrons. The van der Waals surface area contributed by atoms with Gasteiger partial charge in [0.2, 0.25) is 0 Å². The van der Waals surface area contributed by atoms with Gasteiger partial charge in [-0.25, -0.2) is 4.98 Å². The summed E-state index contributed by atoms with van der Waals surface area (Å²) >= 11 is 5.95. The maximum Gasteiger partial charge on any atom is 0.158 e. The summed E-state index contributed by atoms with van der Waals surface area (Å²) in [6.07, 6.45) is 2.87. The minimum absolute atomic E-state index is 0.392. The molecule has 0 spiro atoms. The summed E-state index contributed by atoms with van der Waals surface area (Å²) in [5.41, 5.74) is 3.30. The molecule has 0 bridgehead atoms. The first-order chi connectivity index (χ1) is 9.51. The van der Waals surface area contributed by atoms with E-state index in [9.17, 15) is 0 Å². The second kappa shape index (κ2) is 6.17. The van der Waals surface area contributed by atoms with Crippen LogP contribution >= 0.6 is 11.6 Å². The molecule has 0 amide bonds. The van der Waals surface area contributed by atoms with E-state index < -0.39 is 0 Å². The second-order valence-electron chi connectivity index (χ2n) is 5.81. The molecule has 1 unspecified atom stereocenters. The lowest BCUT2D eigenvalue weighted by molar-refractivity contribution is 0.401. The average Bonchev–Trinajstić information content (AvgIpc) is 2.89. The van der Waals surface area contributed by atoms with Crippen molar-refractivity contribution in [1.82, 2.24) is 19.3 Å². The Bertz CT molecular complexity index is 582. The number of fused-ring (bicyclic) bond motifs is 1. The quantitative estimate of drug-likeness (QED) is 0.762. The molecule has 1 atom stereocenters. The molecule has 112 valence electrons. The van der Waals surface area contributed by atoms with Crippen LogP contribution in [0.4, 0.5) is 0 Å². The smallest absolute Gasteiger partial charge is 0.158 e. The van der Waals surface area contributed by atoms with Crippen molar-refractivity contribution in [3.8, 4) is 0 Å². The van der Waals surface area contributed by atoms with Crippen LogP contribution in [0, 0.1) is 5.92 Å². The van der Waals surface area contributed by atoms with Crippen molar-refractivity contribution in [1.29, 1.82) is 0 Å². The van der Waals surface area contributed by atoms with Gasteiger partial charge in [-0.1, -0.05) is 27.2 Å². The summed E-state index contributed by atoms with van der Waals surface area (Å²) in [6.45, 7) is 8.90. The molecule has 2 aromatic rings. The van der Waals surface area contributed by atoms with E-state index in [4.69, 9.17) is 16.6 Å². The Morgan fingerprint density at radius 3 is 2.45 bits per heavy atom. The van der Waals surface area contributed by atoms with Gasteiger partial charge in [0.05, 0.1) is 5.69 Å². The highest BCUT2D eigenvalue weighted by Crippen LogP contribution is 2.28. The topological polar surface area (TPSA) is 35.6 Å². The average molecular weight is 297 g/mol. The fourth-order valence-corrected chi connectivity index (χ4v) is 2.81. The lowest BCUT2D eigenvalue weighted by Crippen LogP contribution is -2.16. The molecule has 0 aliphatic heterocycles. The predicted octanol–water partition coefficient (Wildman–Crippen LogP) is 3.72. The van der Waals surface area contributed by atoms with Gasteiger partial charge in [0.15, 0.2) is 5.65 Å². The van der Waals surface area contributed by atoms with E-state index in [1.54, 1.807) is 0 Å². The molecule has 0 saturated carbocycles. The van der Waals surface area contributed by atoms with Gasteiger partial charge < -0.3 is 4.57 Å². The SMILES string of the molecule is CCCc1nn(C)c2c1nc(CCCl)n2C(C)C(C)C. The molecule has 2 rings (SSSR count). The lowest BCUT2D eigenvalue weighted by Gasteiger charge is -2.20. The van der Waals surface area contributed by atoms with E-state index in [2.05, 4.69) is 37.4 Å². The third-order valence-electron chi connectivity index (χ3n) is 3.99. The van der Waals surface area contributed by atoms with E-state index in [-0.39, 0.29) is 0 Å². The van der Waals surface area contributed by atoms with E-state index >= 15 is 0 Å². The molecule has 20 heavy (non-hydrogen) atoms. The third kappa shape index (κ3) is 2.58. The van der Waals surface area contributed by atoms with Crippen molar-refractivity contribution in [2.75, 3.05) is 5.88 Å². The second-order valence-corrected chi connectivity index (χ2v) is 6.19. The summed E-state index contributed by atoms with van der Waals surface area (Å²) < 4.78 is 4.30. The largest absolute Gasteiger partial charge is 0.310 e. The zero-order valence-electron chi connectivity index (χ0n) is 13.1. The number of hydrogen-bond donors (Lipinski definition) is 0. The molecule has 0 aliphatic rings. The summed E-state index contributed by atoms with van der Waals surface area (Å²) in [5.74, 6) is 2.23. The fourth-order valence-electron chi connectivity index (χ4n) is 2.64. The molecule has 0 N–H and O–H groups in total. The number of imidazole rings is 1. The van der Waals surface area contributed by atoms with Gasteiger partial charge in [0.1, 0.15) is 11.3 Å². The maximum absolute atomic E-state index is 5.95. The first-order valence-electron chi connectivity index (χ1n) is 7.49. The number of rotatable bonds is 6. The van der Waals surface area contributed by atoms with Crippen LogP contribution in [-0.2, 0) is 19.9 Å². The Labute approximate surface area is 126 Å². The number of hydrogen-bond acceptors (Lipinski definition) is 2. The van der Waals surface area contributed by atoms with Crippen molar-refractivity contribution in [3.05, 3.63) is 11.5 Å². The van der Waals surface area contributed by atoms with Crippen LogP contribution in [0.5, 0.6) is 0 Å². The third-order valence-corrected chi connectivity index (χ3v) is 4.18. The fraction of sp³-hybridized carbons (Fsp3) is 0.733. The molecule has 0 saturated heterocycles. The van der Waals surface area contributed by atoms with Gasteiger partial charge in [0, 0.05) is 25.4 Å². The highest BCUT2D eigenvalue weighted by Gasteiger charge is 2.23. The Hall–Kier alpha value is -1.03. The summed E-state index contributed by atoms with van der Waals surface area (Å²) in [5, 5.41) is 4.64. The van der Waals surface area contributed by atoms with E-state index in [1.807, 2.05) is 11.7 Å². The predicted molar refractivity (Wildman–Crippen MR) is 84.5 cm³/mol. The zero-order chi connectivity index (χ0) is 14.9. The van der Waals surface area contributed by atoms with Crippen molar-refractivity contribution < 1.29 is 0 Å². The normalized spacial score (nSPS) is 13.6. The van der Waals surface area contributed by atoms with E-state index in [0.29, 0.717) is 17.8 Å². The van der Waals surface area contributed by atoms with Gasteiger partial charge >= 0.3 is 0 Å². The van der Waals surface area contributed by atoms with Crippen LogP contribution < -0.4 is 0 Å². The van der Waals surface area contributed by atoms with Gasteiger partial charge in [-0.2, -0.15) is 5.10 Å². The van der Waals surface area contributed by atoms with Gasteiger partial charge in [0.25, 0.3) is 0 Å². The Morgan fingerprint density at radius 1 is 1.20 bits per heavy atom. The van der Waals surface area contributed by atoms with Crippen LogP contribution in [-0.4, -0.2) is 25.2 Å². The molecular formula is C15H25ClN4. The molecule has 0 aromatic carbocycles. The van der Waals surface area contributed by atoms with Crippen LogP contribution in [0.2, 0.25) is 0 Å². The van der Waals surface area contributed by atoms with Crippen molar-refractivity contribution >= 4 is 22.8 Å². The highest BCUT2D eigenvalue weighted by molar-refractivity contribution is 6.17. The summed E-state index contributed by atoms with van der Waals surface area (Å²) in [4.78, 5) is 4.84. The number of halogens is 1. The van der Waals surface area contributed by atoms with E-state index in [0.717, 1.165) is 41.9 Å². The first-order valence-corrected chi connectivity index (χ1v) is 8.03. The molecule has 2 heterocycles. The number of nitrogens with zero attached hydrogens (tertiary/aromatic N) is 4. The highest BCUT2D eigenvalue weighted by atomic mass is 35.5. The zero-order valence-corrected chi connectivity index (χ0v) is 13.9. The first kappa shape index (κ1) is 15.4.